The maximum absolute atomic E-state index is 14.1. The van der Waals surface area contributed by atoms with Crippen molar-refractivity contribution in [2.75, 3.05) is 12.9 Å². The fourth-order valence-electron chi connectivity index (χ4n) is 5.06. The third-order valence-electron chi connectivity index (χ3n) is 7.13. The largest absolute Gasteiger partial charge is 0.463 e. The molecule has 1 aliphatic rings. The molecule has 3 heterocycles. The van der Waals surface area contributed by atoms with Gasteiger partial charge in [0.05, 0.1) is 33.4 Å². The van der Waals surface area contributed by atoms with Gasteiger partial charge >= 0.3 is 5.97 Å². The number of thioether (sulfide) groups is 1. The number of ether oxygens (including phenoxy) is 1. The summed E-state index contributed by atoms with van der Waals surface area (Å²) in [6.45, 7) is 1.91. The van der Waals surface area contributed by atoms with Crippen LogP contribution >= 0.6 is 39.0 Å². The highest BCUT2D eigenvalue weighted by atomic mass is 79.9. The van der Waals surface area contributed by atoms with Crippen molar-refractivity contribution in [3.8, 4) is 11.3 Å². The zero-order valence-electron chi connectivity index (χ0n) is 23.9. The number of hydrogen-bond donors (Lipinski definition) is 0. The molecular formula is C33H24BrN3O6S2. The number of halogens is 1. The highest BCUT2D eigenvalue weighted by Gasteiger charge is 2.35. The number of fused-ring (bicyclic) bond motifs is 1. The average molecular weight is 703 g/mol. The molecule has 0 saturated carbocycles. The van der Waals surface area contributed by atoms with Gasteiger partial charge in [-0.2, -0.15) is 0 Å². The van der Waals surface area contributed by atoms with E-state index in [2.05, 4.69) is 15.9 Å². The van der Waals surface area contributed by atoms with Crippen LogP contribution in [0.5, 0.6) is 0 Å². The second kappa shape index (κ2) is 12.8. The van der Waals surface area contributed by atoms with Crippen LogP contribution < -0.4 is 14.9 Å². The maximum atomic E-state index is 14.1. The smallest absolute Gasteiger partial charge is 0.338 e. The van der Waals surface area contributed by atoms with E-state index in [1.54, 1.807) is 47.5 Å². The second-order valence-corrected chi connectivity index (χ2v) is 12.6. The quantitative estimate of drug-likeness (QED) is 0.0776. The summed E-state index contributed by atoms with van der Waals surface area (Å²) < 4.78 is 14.0. The number of rotatable bonds is 8. The van der Waals surface area contributed by atoms with Crippen molar-refractivity contribution in [2.45, 2.75) is 17.9 Å². The Balaban J connectivity index is 1.52. The molecule has 5 aromatic rings. The summed E-state index contributed by atoms with van der Waals surface area (Å²) in [7, 11) is 0. The number of nitrogens with zero attached hydrogens (tertiary/aromatic N) is 3. The van der Waals surface area contributed by atoms with Gasteiger partial charge in [0, 0.05) is 38.7 Å². The van der Waals surface area contributed by atoms with Gasteiger partial charge in [0.1, 0.15) is 11.5 Å². The number of carbonyl (C=O) groups is 1. The van der Waals surface area contributed by atoms with Crippen LogP contribution in [0.25, 0.3) is 23.1 Å². The molecule has 0 N–H and O–H groups in total. The van der Waals surface area contributed by atoms with Crippen LogP contribution in [0.2, 0.25) is 0 Å². The van der Waals surface area contributed by atoms with E-state index in [0.717, 1.165) is 16.0 Å². The van der Waals surface area contributed by atoms with Crippen LogP contribution in [-0.4, -0.2) is 28.3 Å². The van der Waals surface area contributed by atoms with E-state index in [-0.39, 0.29) is 23.4 Å². The number of hydrogen-bond acceptors (Lipinski definition) is 9. The van der Waals surface area contributed by atoms with E-state index in [0.29, 0.717) is 36.6 Å². The molecule has 0 radical (unpaired) electrons. The van der Waals surface area contributed by atoms with Crippen molar-refractivity contribution in [1.29, 1.82) is 0 Å². The summed E-state index contributed by atoms with van der Waals surface area (Å²) in [4.78, 5) is 44.7. The Kier molecular flexibility index (Phi) is 8.70. The normalized spacial score (nSPS) is 14.6. The first kappa shape index (κ1) is 30.5. The topological polar surface area (TPSA) is 117 Å². The van der Waals surface area contributed by atoms with Gasteiger partial charge in [0.25, 0.3) is 11.2 Å². The number of esters is 1. The van der Waals surface area contributed by atoms with Crippen LogP contribution in [0.4, 0.5) is 5.69 Å². The Morgan fingerprint density at radius 3 is 2.56 bits per heavy atom. The fourth-order valence-corrected chi connectivity index (χ4v) is 7.02. The molecular weight excluding hydrogens is 678 g/mol. The number of non-ortho nitro benzene ring substituents is 1. The van der Waals surface area contributed by atoms with E-state index in [4.69, 9.17) is 14.1 Å². The number of aromatic nitrogens is 1. The summed E-state index contributed by atoms with van der Waals surface area (Å²) in [6.07, 6.45) is 3.62. The highest BCUT2D eigenvalue weighted by Crippen LogP contribution is 2.36. The Labute approximate surface area is 273 Å². The van der Waals surface area contributed by atoms with Crippen molar-refractivity contribution in [2.24, 2.45) is 4.99 Å². The maximum Gasteiger partial charge on any atom is 0.338 e. The minimum absolute atomic E-state index is 0.0479. The van der Waals surface area contributed by atoms with Crippen molar-refractivity contribution in [3.63, 3.8) is 0 Å². The van der Waals surface area contributed by atoms with Gasteiger partial charge in [-0.05, 0) is 65.0 Å². The third kappa shape index (κ3) is 5.96. The monoisotopic (exact) mass is 701 g/mol. The van der Waals surface area contributed by atoms with E-state index < -0.39 is 16.9 Å². The molecule has 0 saturated heterocycles. The van der Waals surface area contributed by atoms with Gasteiger partial charge in [-0.1, -0.05) is 53.8 Å². The fraction of sp³-hybridized carbons (Fsp3) is 0.121. The lowest BCUT2D eigenvalue weighted by Crippen LogP contribution is -2.40. The first-order valence-electron chi connectivity index (χ1n) is 13.8. The molecule has 45 heavy (non-hydrogen) atoms. The van der Waals surface area contributed by atoms with Crippen LogP contribution in [0, 0.1) is 10.1 Å². The van der Waals surface area contributed by atoms with Gasteiger partial charge in [-0.3, -0.25) is 19.5 Å². The molecule has 2 aromatic heterocycles. The first-order chi connectivity index (χ1) is 21.8. The Morgan fingerprint density at radius 1 is 1.13 bits per heavy atom. The van der Waals surface area contributed by atoms with E-state index in [1.807, 2.05) is 60.9 Å². The molecule has 1 aliphatic heterocycles. The lowest BCUT2D eigenvalue weighted by Gasteiger charge is -2.26. The number of nitro groups is 1. The summed E-state index contributed by atoms with van der Waals surface area (Å²) in [5.41, 5.74) is 2.45. The second-order valence-electron chi connectivity index (χ2n) is 9.83. The Bertz CT molecular complexity index is 2150. The molecule has 6 rings (SSSR count). The predicted molar refractivity (Wildman–Crippen MR) is 178 cm³/mol. The van der Waals surface area contributed by atoms with Gasteiger partial charge in [0.15, 0.2) is 4.80 Å². The standard InChI is InChI=1S/C33H24BrN3O6S2/c1-3-42-32(39)28-29(19-7-5-4-6-8-19)35-33-36(30(28)20-9-13-23(44-2)14-10-20)31(38)27(45-33)18-22-12-16-26(43-22)24-15-11-21(37(40)41)17-25(24)34/h4-18,30H,3H2,1-2H3/b27-18-. The van der Waals surface area contributed by atoms with Crippen LogP contribution in [0.3, 0.4) is 0 Å². The van der Waals surface area contributed by atoms with Crippen LogP contribution in [-0.2, 0) is 9.53 Å². The van der Waals surface area contributed by atoms with Crippen molar-refractivity contribution in [3.05, 3.63) is 142 Å². The Hall–Kier alpha value is -4.52. The third-order valence-corrected chi connectivity index (χ3v) is 9.52. The summed E-state index contributed by atoms with van der Waals surface area (Å²) >= 11 is 6.18. The molecule has 0 bridgehead atoms. The molecule has 1 atom stereocenters. The molecule has 226 valence electrons. The lowest BCUT2D eigenvalue weighted by molar-refractivity contribution is -0.384. The van der Waals surface area contributed by atoms with Crippen LogP contribution in [0.15, 0.2) is 114 Å². The molecule has 3 aromatic carbocycles. The summed E-state index contributed by atoms with van der Waals surface area (Å²) in [5.74, 6) is 0.338. The molecule has 0 fully saturated rings. The molecule has 9 nitrogen and oxygen atoms in total. The number of nitro benzene ring substituents is 1. The molecule has 12 heteroatoms. The van der Waals surface area contributed by atoms with Gasteiger partial charge < -0.3 is 9.15 Å². The van der Waals surface area contributed by atoms with Gasteiger partial charge in [0.2, 0.25) is 0 Å². The average Bonchev–Trinajstić information content (AvgIpc) is 3.64. The molecule has 1 unspecified atom stereocenters. The lowest BCUT2D eigenvalue weighted by atomic mass is 9.93. The Morgan fingerprint density at radius 2 is 1.89 bits per heavy atom. The van der Waals surface area contributed by atoms with E-state index in [9.17, 15) is 19.7 Å². The zero-order valence-corrected chi connectivity index (χ0v) is 27.1. The minimum Gasteiger partial charge on any atom is -0.463 e. The summed E-state index contributed by atoms with van der Waals surface area (Å²) in [6, 6.07) is 24.2. The van der Waals surface area contributed by atoms with Gasteiger partial charge in [-0.25, -0.2) is 9.79 Å². The number of benzene rings is 3. The van der Waals surface area contributed by atoms with E-state index in [1.165, 1.54) is 23.5 Å². The first-order valence-corrected chi connectivity index (χ1v) is 16.6. The van der Waals surface area contributed by atoms with Crippen molar-refractivity contribution >= 4 is 62.5 Å². The van der Waals surface area contributed by atoms with Crippen molar-refractivity contribution in [1.82, 2.24) is 4.57 Å². The van der Waals surface area contributed by atoms with E-state index >= 15 is 0 Å². The molecule has 0 spiro atoms. The predicted octanol–water partition coefficient (Wildman–Crippen LogP) is 6.59. The highest BCUT2D eigenvalue weighted by molar-refractivity contribution is 9.10. The number of thiazole rings is 1. The van der Waals surface area contributed by atoms with Crippen molar-refractivity contribution < 1.29 is 18.9 Å². The number of furan rings is 1. The molecule has 0 aliphatic carbocycles. The summed E-state index contributed by atoms with van der Waals surface area (Å²) in [5, 5.41) is 11.1. The zero-order chi connectivity index (χ0) is 31.7. The molecule has 0 amide bonds. The number of carbonyl (C=O) groups excluding carboxylic acids is 1. The van der Waals surface area contributed by atoms with Gasteiger partial charge in [-0.15, -0.1) is 11.8 Å². The van der Waals surface area contributed by atoms with Crippen LogP contribution in [0.1, 0.15) is 29.9 Å². The minimum atomic E-state index is -0.781. The SMILES string of the molecule is CCOC(=O)C1=C(c2ccccc2)N=c2s/c(=C\c3ccc(-c4ccc([N+](=O)[O-])cc4Br)o3)c(=O)n2C1c1ccc(SC)cc1.